The summed E-state index contributed by atoms with van der Waals surface area (Å²) >= 11 is 0. The highest BCUT2D eigenvalue weighted by atomic mass is 31.2. The number of hydrogen-bond acceptors (Lipinski definition) is 3. The number of fused-ring (bicyclic) bond motifs is 10. The molecule has 0 heterocycles. The first-order chi connectivity index (χ1) is 24.0. The zero-order valence-corrected chi connectivity index (χ0v) is 27.0. The van der Waals surface area contributed by atoms with Gasteiger partial charge < -0.3 is 9.05 Å². The van der Waals surface area contributed by atoms with Crippen molar-refractivity contribution in [3.63, 3.8) is 0 Å². The second-order valence-electron chi connectivity index (χ2n) is 12.7. The fraction of sp³-hybridized carbons (Fsp3) is 0. The van der Waals surface area contributed by atoms with Crippen LogP contribution in [0.5, 0.6) is 11.5 Å². The van der Waals surface area contributed by atoms with Gasteiger partial charge in [-0.05, 0) is 136 Å². The van der Waals surface area contributed by atoms with Crippen LogP contribution in [0.15, 0.2) is 158 Å². The van der Waals surface area contributed by atoms with Gasteiger partial charge in [0, 0.05) is 10.8 Å². The predicted octanol–water partition coefficient (Wildman–Crippen LogP) is 12.5. The highest BCUT2D eigenvalue weighted by Crippen LogP contribution is 2.49. The lowest BCUT2D eigenvalue weighted by Gasteiger charge is -2.17. The van der Waals surface area contributed by atoms with Crippen LogP contribution in [0.3, 0.4) is 0 Å². The molecule has 0 fully saturated rings. The topological polar surface area (TPSA) is 55.8 Å². The van der Waals surface area contributed by atoms with Crippen molar-refractivity contribution in [2.24, 2.45) is 0 Å². The van der Waals surface area contributed by atoms with E-state index in [4.69, 9.17) is 9.05 Å². The molecule has 0 spiro atoms. The summed E-state index contributed by atoms with van der Waals surface area (Å²) in [6, 6.07) is 53.4. The van der Waals surface area contributed by atoms with Gasteiger partial charge in [0.25, 0.3) is 0 Å². The first-order valence-corrected chi connectivity index (χ1v) is 17.7. The number of phosphoric ester groups is 1. The minimum Gasteiger partial charge on any atom is -0.395 e. The Hall–Kier alpha value is -5.93. The molecule has 0 bridgehead atoms. The monoisotopic (exact) mass is 650 g/mol. The van der Waals surface area contributed by atoms with Crippen LogP contribution in [-0.2, 0) is 4.57 Å². The van der Waals surface area contributed by atoms with Gasteiger partial charge in [-0.25, -0.2) is 4.57 Å². The maximum absolute atomic E-state index is 13.7. The van der Waals surface area contributed by atoms with Gasteiger partial charge in [0.2, 0.25) is 0 Å². The first-order valence-electron chi connectivity index (χ1n) is 16.2. The third kappa shape index (κ3) is 4.69. The van der Waals surface area contributed by atoms with Crippen molar-refractivity contribution in [2.75, 3.05) is 0 Å². The molecule has 0 amide bonds. The van der Waals surface area contributed by atoms with Crippen LogP contribution < -0.4 is 9.05 Å². The standard InChI is InChI=1S/C44H27O4P/c45-49(46,47-43-13-5-11-31-23-39-35(25-41(31)43)17-15-33-19-27-7-1-3-9-29(27)21-37(33)39)48-44-14-6-12-32-24-40-36(26-42(32)44)18-16-34-20-28-8-2-4-10-30(28)22-38(34)40/h1-26H,(H,45,46). The zero-order valence-electron chi connectivity index (χ0n) is 26.1. The highest BCUT2D eigenvalue weighted by molar-refractivity contribution is 7.48. The Morgan fingerprint density at radius 1 is 0.327 bits per heavy atom. The van der Waals surface area contributed by atoms with E-state index >= 15 is 0 Å². The minimum absolute atomic E-state index is 0.285. The van der Waals surface area contributed by atoms with Gasteiger partial charge in [-0.2, -0.15) is 0 Å². The van der Waals surface area contributed by atoms with Crippen molar-refractivity contribution in [3.8, 4) is 11.5 Å². The molecule has 0 aromatic heterocycles. The van der Waals surface area contributed by atoms with Gasteiger partial charge in [0.05, 0.1) is 0 Å². The molecular formula is C44H27O4P. The third-order valence-electron chi connectivity index (χ3n) is 9.75. The summed E-state index contributed by atoms with van der Waals surface area (Å²) in [5.41, 5.74) is 0. The molecule has 0 unspecified atom stereocenters. The molecule has 10 rings (SSSR count). The fourth-order valence-electron chi connectivity index (χ4n) is 7.41. The molecule has 0 aliphatic carbocycles. The third-order valence-corrected chi connectivity index (χ3v) is 10.6. The Labute approximate surface area is 281 Å². The average Bonchev–Trinajstić information content (AvgIpc) is 3.12. The van der Waals surface area contributed by atoms with E-state index in [9.17, 15) is 9.46 Å². The fourth-order valence-corrected chi connectivity index (χ4v) is 8.27. The molecule has 0 atom stereocenters. The normalized spacial score (nSPS) is 12.3. The Kier molecular flexibility index (Phi) is 6.05. The molecular weight excluding hydrogens is 623 g/mol. The summed E-state index contributed by atoms with van der Waals surface area (Å²) < 4.78 is 25.4. The van der Waals surface area contributed by atoms with Crippen LogP contribution in [0.1, 0.15) is 0 Å². The number of benzene rings is 10. The quantitative estimate of drug-likeness (QED) is 0.117. The number of phosphoric acid groups is 1. The molecule has 10 aromatic rings. The maximum Gasteiger partial charge on any atom is 0.584 e. The molecule has 0 saturated heterocycles. The number of rotatable bonds is 4. The van der Waals surface area contributed by atoms with Crippen LogP contribution in [0, 0.1) is 0 Å². The van der Waals surface area contributed by atoms with Crippen molar-refractivity contribution >= 4 is 94.0 Å². The van der Waals surface area contributed by atoms with Gasteiger partial charge >= 0.3 is 7.82 Å². The molecule has 232 valence electrons. The molecule has 5 heteroatoms. The summed E-state index contributed by atoms with van der Waals surface area (Å²) in [6.45, 7) is 0. The molecule has 0 aliphatic heterocycles. The van der Waals surface area contributed by atoms with Crippen LogP contribution in [-0.4, -0.2) is 4.89 Å². The Balaban J connectivity index is 1.03. The van der Waals surface area contributed by atoms with Crippen molar-refractivity contribution in [1.82, 2.24) is 0 Å². The van der Waals surface area contributed by atoms with Crippen molar-refractivity contribution in [1.29, 1.82) is 0 Å². The average molecular weight is 651 g/mol. The lowest BCUT2D eigenvalue weighted by atomic mass is 9.96. The lowest BCUT2D eigenvalue weighted by Crippen LogP contribution is -2.01. The zero-order chi connectivity index (χ0) is 32.7. The highest BCUT2D eigenvalue weighted by Gasteiger charge is 2.27. The van der Waals surface area contributed by atoms with Crippen LogP contribution in [0.25, 0.3) is 86.2 Å². The Morgan fingerprint density at radius 2 is 0.612 bits per heavy atom. The lowest BCUT2D eigenvalue weighted by molar-refractivity contribution is 0.293. The van der Waals surface area contributed by atoms with E-state index in [0.717, 1.165) is 64.6 Å². The molecule has 1 N–H and O–H groups in total. The van der Waals surface area contributed by atoms with Crippen LogP contribution >= 0.6 is 7.82 Å². The summed E-state index contributed by atoms with van der Waals surface area (Å²) in [5.74, 6) is 0.571. The van der Waals surface area contributed by atoms with E-state index in [2.05, 4.69) is 109 Å². The van der Waals surface area contributed by atoms with Gasteiger partial charge in [-0.15, -0.1) is 0 Å². The Bertz CT molecular complexity index is 2850. The molecule has 0 radical (unpaired) electrons. The van der Waals surface area contributed by atoms with E-state index in [1.54, 1.807) is 12.1 Å². The van der Waals surface area contributed by atoms with E-state index in [-0.39, 0.29) is 11.5 Å². The molecule has 49 heavy (non-hydrogen) atoms. The summed E-state index contributed by atoms with van der Waals surface area (Å²) in [4.78, 5) is 11.2. The van der Waals surface area contributed by atoms with E-state index in [1.165, 1.54) is 21.5 Å². The predicted molar refractivity (Wildman–Crippen MR) is 204 cm³/mol. The largest absolute Gasteiger partial charge is 0.584 e. The van der Waals surface area contributed by atoms with Crippen LogP contribution in [0.2, 0.25) is 0 Å². The Morgan fingerprint density at radius 3 is 1.02 bits per heavy atom. The van der Waals surface area contributed by atoms with Gasteiger partial charge in [0.1, 0.15) is 11.5 Å². The molecule has 0 saturated carbocycles. The molecule has 0 aliphatic rings. The second kappa shape index (κ2) is 10.5. The summed E-state index contributed by atoms with van der Waals surface area (Å²) in [7, 11) is -4.60. The van der Waals surface area contributed by atoms with Crippen molar-refractivity contribution < 1.29 is 18.5 Å². The minimum atomic E-state index is -4.60. The van der Waals surface area contributed by atoms with Gasteiger partial charge in [0.15, 0.2) is 0 Å². The first kappa shape index (κ1) is 28.1. The smallest absolute Gasteiger partial charge is 0.395 e. The van der Waals surface area contributed by atoms with Crippen molar-refractivity contribution in [2.45, 2.75) is 0 Å². The van der Waals surface area contributed by atoms with Crippen LogP contribution in [0.4, 0.5) is 0 Å². The maximum atomic E-state index is 13.7. The van der Waals surface area contributed by atoms with Crippen molar-refractivity contribution in [3.05, 3.63) is 158 Å². The SMILES string of the molecule is O=P(O)(Oc1cccc2cc3c(ccc4cc5ccccc5cc43)cc12)Oc1cccc2cc3c(ccc4cc5ccccc5cc43)cc12. The summed E-state index contributed by atoms with van der Waals surface area (Å²) in [6.07, 6.45) is 0. The summed E-state index contributed by atoms with van der Waals surface area (Å²) in [5, 5.41) is 16.9. The van der Waals surface area contributed by atoms with Gasteiger partial charge in [-0.3, -0.25) is 4.89 Å². The number of hydrogen-bond donors (Lipinski definition) is 1. The van der Waals surface area contributed by atoms with E-state index in [0.29, 0.717) is 0 Å². The van der Waals surface area contributed by atoms with Gasteiger partial charge in [-0.1, -0.05) is 97.1 Å². The van der Waals surface area contributed by atoms with E-state index < -0.39 is 7.82 Å². The molecule has 4 nitrogen and oxygen atoms in total. The van der Waals surface area contributed by atoms with E-state index in [1.807, 2.05) is 36.4 Å². The second-order valence-corrected chi connectivity index (χ2v) is 14.0. The molecule has 10 aromatic carbocycles.